The molecular weight excluding hydrogens is 268 g/mol. The van der Waals surface area contributed by atoms with Crippen LogP contribution in [-0.4, -0.2) is 28.4 Å². The van der Waals surface area contributed by atoms with E-state index in [0.29, 0.717) is 6.04 Å². The number of nitrogens with zero attached hydrogens (tertiary/aromatic N) is 2. The van der Waals surface area contributed by atoms with E-state index in [4.69, 9.17) is 11.6 Å². The molecule has 2 nitrogen and oxygen atoms in total. The van der Waals surface area contributed by atoms with Crippen molar-refractivity contribution in [2.24, 2.45) is 0 Å². The SMILES string of the molecule is Cc1cc(CN(CCCCl)C(C)C)c2ccccc2n1. The summed E-state index contributed by atoms with van der Waals surface area (Å²) in [6, 6.07) is 11.1. The fourth-order valence-electron chi connectivity index (χ4n) is 2.53. The molecule has 0 unspecified atom stereocenters. The van der Waals surface area contributed by atoms with Crippen molar-refractivity contribution in [1.82, 2.24) is 9.88 Å². The molecule has 0 bridgehead atoms. The average molecular weight is 291 g/mol. The first kappa shape index (κ1) is 15.3. The number of aromatic nitrogens is 1. The zero-order valence-electron chi connectivity index (χ0n) is 12.6. The molecule has 0 saturated carbocycles. The number of pyridine rings is 1. The van der Waals surface area contributed by atoms with Crippen molar-refractivity contribution in [1.29, 1.82) is 0 Å². The van der Waals surface area contributed by atoms with Crippen molar-refractivity contribution in [2.75, 3.05) is 12.4 Å². The minimum Gasteiger partial charge on any atom is -0.297 e. The fraction of sp³-hybridized carbons (Fsp3) is 0.471. The molecule has 0 spiro atoms. The van der Waals surface area contributed by atoms with Crippen LogP contribution in [0.4, 0.5) is 0 Å². The molecule has 0 aliphatic rings. The van der Waals surface area contributed by atoms with Crippen LogP contribution in [0.3, 0.4) is 0 Å². The van der Waals surface area contributed by atoms with E-state index >= 15 is 0 Å². The van der Waals surface area contributed by atoms with Crippen LogP contribution >= 0.6 is 11.6 Å². The van der Waals surface area contributed by atoms with Crippen LogP contribution in [0.15, 0.2) is 30.3 Å². The maximum absolute atomic E-state index is 5.84. The molecule has 0 N–H and O–H groups in total. The molecule has 2 rings (SSSR count). The molecule has 3 heteroatoms. The quantitative estimate of drug-likeness (QED) is 0.734. The van der Waals surface area contributed by atoms with Gasteiger partial charge in [0, 0.05) is 29.5 Å². The average Bonchev–Trinajstić information content (AvgIpc) is 2.42. The van der Waals surface area contributed by atoms with Crippen molar-refractivity contribution in [2.45, 2.75) is 39.8 Å². The number of halogens is 1. The Morgan fingerprint density at radius 2 is 2.00 bits per heavy atom. The molecule has 1 aromatic heterocycles. The van der Waals surface area contributed by atoms with Crippen LogP contribution in [0.1, 0.15) is 31.5 Å². The maximum atomic E-state index is 5.84. The smallest absolute Gasteiger partial charge is 0.0708 e. The number of hydrogen-bond donors (Lipinski definition) is 0. The lowest BCUT2D eigenvalue weighted by atomic mass is 10.1. The van der Waals surface area contributed by atoms with Crippen LogP contribution in [0, 0.1) is 6.92 Å². The maximum Gasteiger partial charge on any atom is 0.0708 e. The molecule has 2 aromatic rings. The highest BCUT2D eigenvalue weighted by Gasteiger charge is 2.12. The third-order valence-electron chi connectivity index (χ3n) is 3.61. The van der Waals surface area contributed by atoms with Crippen molar-refractivity contribution in [3.63, 3.8) is 0 Å². The Kier molecular flexibility index (Phi) is 5.38. The van der Waals surface area contributed by atoms with Gasteiger partial charge < -0.3 is 0 Å². The summed E-state index contributed by atoms with van der Waals surface area (Å²) < 4.78 is 0. The van der Waals surface area contributed by atoms with Crippen molar-refractivity contribution >= 4 is 22.5 Å². The van der Waals surface area contributed by atoms with Gasteiger partial charge in [0.2, 0.25) is 0 Å². The van der Waals surface area contributed by atoms with Gasteiger partial charge in [-0.3, -0.25) is 9.88 Å². The van der Waals surface area contributed by atoms with Crippen molar-refractivity contribution < 1.29 is 0 Å². The van der Waals surface area contributed by atoms with E-state index in [2.05, 4.69) is 54.9 Å². The Labute approximate surface area is 126 Å². The Hall–Kier alpha value is -1.12. The van der Waals surface area contributed by atoms with E-state index in [1.807, 2.05) is 6.07 Å². The number of fused-ring (bicyclic) bond motifs is 1. The third-order valence-corrected chi connectivity index (χ3v) is 3.88. The standard InChI is InChI=1S/C17H23ClN2/c1-13(2)20(10-6-9-18)12-15-11-14(3)19-17-8-5-4-7-16(15)17/h4-5,7-8,11,13H,6,9-10,12H2,1-3H3. The largest absolute Gasteiger partial charge is 0.297 e. The summed E-state index contributed by atoms with van der Waals surface area (Å²) in [6.45, 7) is 8.54. The van der Waals surface area contributed by atoms with E-state index in [0.717, 1.165) is 36.6 Å². The molecule has 0 saturated heterocycles. The Bertz CT molecular complexity index is 566. The lowest BCUT2D eigenvalue weighted by Crippen LogP contribution is -2.31. The molecule has 20 heavy (non-hydrogen) atoms. The number of alkyl halides is 1. The summed E-state index contributed by atoms with van der Waals surface area (Å²) >= 11 is 5.84. The fourth-order valence-corrected chi connectivity index (χ4v) is 2.65. The second kappa shape index (κ2) is 7.05. The summed E-state index contributed by atoms with van der Waals surface area (Å²) in [5, 5.41) is 1.26. The molecule has 0 fully saturated rings. The van der Waals surface area contributed by atoms with Gasteiger partial charge in [-0.1, -0.05) is 18.2 Å². The number of hydrogen-bond acceptors (Lipinski definition) is 2. The predicted octanol–water partition coefficient (Wildman–Crippen LogP) is 4.38. The van der Waals surface area contributed by atoms with E-state index in [1.54, 1.807) is 0 Å². The van der Waals surface area contributed by atoms with E-state index in [9.17, 15) is 0 Å². The van der Waals surface area contributed by atoms with Crippen LogP contribution in [-0.2, 0) is 6.54 Å². The van der Waals surface area contributed by atoms with Crippen LogP contribution in [0.25, 0.3) is 10.9 Å². The highest BCUT2D eigenvalue weighted by Crippen LogP contribution is 2.20. The summed E-state index contributed by atoms with van der Waals surface area (Å²) in [4.78, 5) is 7.09. The summed E-state index contributed by atoms with van der Waals surface area (Å²) in [5.41, 5.74) is 3.53. The monoisotopic (exact) mass is 290 g/mol. The first-order valence-corrected chi connectivity index (χ1v) is 7.80. The second-order valence-corrected chi connectivity index (χ2v) is 5.92. The van der Waals surface area contributed by atoms with E-state index in [-0.39, 0.29) is 0 Å². The van der Waals surface area contributed by atoms with Crippen molar-refractivity contribution in [3.8, 4) is 0 Å². The van der Waals surface area contributed by atoms with E-state index in [1.165, 1.54) is 10.9 Å². The van der Waals surface area contributed by atoms with Crippen LogP contribution in [0.2, 0.25) is 0 Å². The van der Waals surface area contributed by atoms with Gasteiger partial charge in [0.15, 0.2) is 0 Å². The summed E-state index contributed by atoms with van der Waals surface area (Å²) in [7, 11) is 0. The van der Waals surface area contributed by atoms with Gasteiger partial charge in [0.05, 0.1) is 5.52 Å². The van der Waals surface area contributed by atoms with Gasteiger partial charge in [-0.15, -0.1) is 11.6 Å². The molecule has 1 aromatic carbocycles. The molecule has 0 amide bonds. The van der Waals surface area contributed by atoms with Gasteiger partial charge in [-0.05, 0) is 51.4 Å². The molecule has 108 valence electrons. The Morgan fingerprint density at radius 3 is 2.70 bits per heavy atom. The Balaban J connectivity index is 2.31. The first-order valence-electron chi connectivity index (χ1n) is 7.27. The number of rotatable bonds is 6. The summed E-state index contributed by atoms with van der Waals surface area (Å²) in [6.07, 6.45) is 1.03. The lowest BCUT2D eigenvalue weighted by molar-refractivity contribution is 0.214. The van der Waals surface area contributed by atoms with Crippen LogP contribution in [0.5, 0.6) is 0 Å². The molecule has 1 heterocycles. The topological polar surface area (TPSA) is 16.1 Å². The zero-order chi connectivity index (χ0) is 14.5. The molecule has 0 radical (unpaired) electrons. The van der Waals surface area contributed by atoms with Gasteiger partial charge in [-0.25, -0.2) is 0 Å². The molecule has 0 aliphatic carbocycles. The zero-order valence-corrected chi connectivity index (χ0v) is 13.3. The highest BCUT2D eigenvalue weighted by molar-refractivity contribution is 6.17. The highest BCUT2D eigenvalue weighted by atomic mass is 35.5. The molecule has 0 atom stereocenters. The minimum absolute atomic E-state index is 0.519. The predicted molar refractivity (Wildman–Crippen MR) is 87.4 cm³/mol. The number of para-hydroxylation sites is 1. The van der Waals surface area contributed by atoms with Gasteiger partial charge >= 0.3 is 0 Å². The van der Waals surface area contributed by atoms with Crippen LogP contribution < -0.4 is 0 Å². The number of benzene rings is 1. The van der Waals surface area contributed by atoms with Gasteiger partial charge in [0.25, 0.3) is 0 Å². The van der Waals surface area contributed by atoms with Gasteiger partial charge in [0.1, 0.15) is 0 Å². The summed E-state index contributed by atoms with van der Waals surface area (Å²) in [5.74, 6) is 0.722. The van der Waals surface area contributed by atoms with E-state index < -0.39 is 0 Å². The Morgan fingerprint density at radius 1 is 1.25 bits per heavy atom. The molecule has 0 aliphatic heterocycles. The normalized spacial score (nSPS) is 11.7. The molecular formula is C17H23ClN2. The second-order valence-electron chi connectivity index (χ2n) is 5.55. The third kappa shape index (κ3) is 3.71. The number of aryl methyl sites for hydroxylation is 1. The van der Waals surface area contributed by atoms with Gasteiger partial charge in [-0.2, -0.15) is 0 Å². The lowest BCUT2D eigenvalue weighted by Gasteiger charge is -2.27. The first-order chi connectivity index (χ1) is 9.61. The van der Waals surface area contributed by atoms with Crippen molar-refractivity contribution in [3.05, 3.63) is 41.6 Å². The minimum atomic E-state index is 0.519.